The molecule has 2 aromatic carbocycles. The van der Waals surface area contributed by atoms with E-state index in [1.807, 2.05) is 0 Å². The Morgan fingerprint density at radius 2 is 1.93 bits per heavy atom. The lowest BCUT2D eigenvalue weighted by atomic mass is 10.1. The van der Waals surface area contributed by atoms with Crippen LogP contribution < -0.4 is 30.1 Å². The summed E-state index contributed by atoms with van der Waals surface area (Å²) in [4.78, 5) is 34.9. The van der Waals surface area contributed by atoms with Gasteiger partial charge in [0.05, 0.1) is 18.8 Å². The van der Waals surface area contributed by atoms with E-state index in [4.69, 9.17) is 14.2 Å². The van der Waals surface area contributed by atoms with Crippen LogP contribution >= 0.6 is 0 Å². The van der Waals surface area contributed by atoms with Gasteiger partial charge in [-0.05, 0) is 48.4 Å². The molecule has 0 bridgehead atoms. The first-order valence-corrected chi connectivity index (χ1v) is 8.96. The summed E-state index contributed by atoms with van der Waals surface area (Å²) in [5, 5.41) is 17.2. The van der Waals surface area contributed by atoms with Gasteiger partial charge < -0.3 is 29.4 Å². The van der Waals surface area contributed by atoms with Crippen molar-refractivity contribution in [2.45, 2.75) is 13.5 Å². The molecule has 0 spiro atoms. The lowest BCUT2D eigenvalue weighted by molar-refractivity contribution is -0.255. The topological polar surface area (TPSA) is 138 Å². The first-order chi connectivity index (χ1) is 14.5. The van der Waals surface area contributed by atoms with Gasteiger partial charge in [0.15, 0.2) is 11.5 Å². The predicted molar refractivity (Wildman–Crippen MR) is 102 cm³/mol. The number of carbonyl (C=O) groups excluding carboxylic acids is 3. The fourth-order valence-electron chi connectivity index (χ4n) is 2.59. The van der Waals surface area contributed by atoms with Crippen molar-refractivity contribution in [2.24, 2.45) is 5.10 Å². The fraction of sp³-hybridized carbons (Fsp3) is 0.200. The molecule has 0 fully saturated rings. The number of aromatic carboxylic acids is 1. The van der Waals surface area contributed by atoms with E-state index in [-0.39, 0.29) is 18.9 Å². The molecule has 0 saturated heterocycles. The largest absolute Gasteiger partial charge is 0.545 e. The van der Waals surface area contributed by atoms with E-state index >= 15 is 0 Å². The Morgan fingerprint density at radius 1 is 1.13 bits per heavy atom. The number of nitrogens with zero attached hydrogens (tertiary/aromatic N) is 1. The van der Waals surface area contributed by atoms with Gasteiger partial charge in [-0.1, -0.05) is 6.07 Å². The van der Waals surface area contributed by atoms with Crippen LogP contribution in [0.25, 0.3) is 0 Å². The number of carboxylic acid groups (broad SMARTS) is 1. The molecule has 10 heteroatoms. The molecule has 0 unspecified atom stereocenters. The van der Waals surface area contributed by atoms with Crippen LogP contribution in [0.1, 0.15) is 28.4 Å². The number of rotatable bonds is 7. The highest BCUT2D eigenvalue weighted by Gasteiger charge is 2.15. The Kier molecular flexibility index (Phi) is 6.48. The molecule has 2 aromatic rings. The first kappa shape index (κ1) is 20.6. The van der Waals surface area contributed by atoms with Gasteiger partial charge in [-0.15, -0.1) is 0 Å². The van der Waals surface area contributed by atoms with Crippen molar-refractivity contribution in [1.82, 2.24) is 10.7 Å². The van der Waals surface area contributed by atoms with Crippen molar-refractivity contribution in [3.8, 4) is 17.2 Å². The number of fused-ring (bicyclic) bond motifs is 1. The minimum Gasteiger partial charge on any atom is -0.545 e. The molecular formula is C20H18N3O7-. The molecule has 3 rings (SSSR count). The van der Waals surface area contributed by atoms with Crippen LogP contribution in [0.15, 0.2) is 41.5 Å². The summed E-state index contributed by atoms with van der Waals surface area (Å²) in [6.45, 7) is 2.36. The summed E-state index contributed by atoms with van der Waals surface area (Å²) in [7, 11) is 0. The number of hydrogen-bond acceptors (Lipinski definition) is 8. The zero-order valence-corrected chi connectivity index (χ0v) is 16.0. The maximum Gasteiger partial charge on any atom is 0.329 e. The Balaban J connectivity index is 1.56. The molecule has 2 N–H and O–H groups in total. The summed E-state index contributed by atoms with van der Waals surface area (Å²) in [6.07, 6.45) is 1.18. The van der Waals surface area contributed by atoms with E-state index in [0.29, 0.717) is 29.4 Å². The maximum atomic E-state index is 11.9. The van der Waals surface area contributed by atoms with Crippen LogP contribution in [-0.2, 0) is 16.1 Å². The summed E-state index contributed by atoms with van der Waals surface area (Å²) in [5.41, 5.74) is 3.04. The molecular weight excluding hydrogens is 394 g/mol. The van der Waals surface area contributed by atoms with Crippen LogP contribution in [0.2, 0.25) is 0 Å². The van der Waals surface area contributed by atoms with Crippen LogP contribution in [0, 0.1) is 0 Å². The Labute approximate surface area is 171 Å². The van der Waals surface area contributed by atoms with E-state index < -0.39 is 17.8 Å². The fourth-order valence-corrected chi connectivity index (χ4v) is 2.59. The zero-order valence-electron chi connectivity index (χ0n) is 16.0. The predicted octanol–water partition coefficient (Wildman–Crippen LogP) is -0.0560. The molecule has 0 aromatic heterocycles. The number of hydrogen-bond donors (Lipinski definition) is 2. The van der Waals surface area contributed by atoms with Crippen LogP contribution in [0.5, 0.6) is 17.2 Å². The van der Waals surface area contributed by atoms with Crippen molar-refractivity contribution in [2.75, 3.05) is 13.4 Å². The van der Waals surface area contributed by atoms with Crippen molar-refractivity contribution in [1.29, 1.82) is 0 Å². The molecule has 0 saturated carbocycles. The summed E-state index contributed by atoms with van der Waals surface area (Å²) >= 11 is 0. The van der Waals surface area contributed by atoms with Crippen molar-refractivity contribution < 1.29 is 33.7 Å². The molecule has 1 heterocycles. The Bertz CT molecular complexity index is 1000. The summed E-state index contributed by atoms with van der Waals surface area (Å²) in [5.74, 6) is -1.68. The van der Waals surface area contributed by atoms with Gasteiger partial charge in [0.25, 0.3) is 0 Å². The molecule has 0 radical (unpaired) electrons. The van der Waals surface area contributed by atoms with Gasteiger partial charge in [0.2, 0.25) is 6.79 Å². The van der Waals surface area contributed by atoms with Crippen molar-refractivity contribution in [3.05, 3.63) is 53.1 Å². The van der Waals surface area contributed by atoms with Crippen LogP contribution in [0.3, 0.4) is 0 Å². The molecule has 1 aliphatic heterocycles. The second-order valence-electron chi connectivity index (χ2n) is 6.04. The number of carbonyl (C=O) groups is 3. The summed E-state index contributed by atoms with van der Waals surface area (Å²) in [6, 6.07) is 9.23. The highest BCUT2D eigenvalue weighted by atomic mass is 16.7. The minimum absolute atomic E-state index is 0.0762. The van der Waals surface area contributed by atoms with E-state index in [1.54, 1.807) is 25.1 Å². The zero-order chi connectivity index (χ0) is 21.5. The van der Waals surface area contributed by atoms with Gasteiger partial charge >= 0.3 is 11.8 Å². The Morgan fingerprint density at radius 3 is 2.70 bits per heavy atom. The Hall–Kier alpha value is -4.08. The molecule has 30 heavy (non-hydrogen) atoms. The van der Waals surface area contributed by atoms with Gasteiger partial charge in [-0.3, -0.25) is 9.59 Å². The number of ether oxygens (including phenoxy) is 3. The van der Waals surface area contributed by atoms with Gasteiger partial charge in [0.1, 0.15) is 5.75 Å². The highest BCUT2D eigenvalue weighted by molar-refractivity contribution is 6.35. The smallest absolute Gasteiger partial charge is 0.329 e. The average Bonchev–Trinajstić information content (AvgIpc) is 3.20. The van der Waals surface area contributed by atoms with Gasteiger partial charge in [0, 0.05) is 12.1 Å². The monoisotopic (exact) mass is 412 g/mol. The second kappa shape index (κ2) is 9.41. The van der Waals surface area contributed by atoms with E-state index in [1.165, 1.54) is 24.4 Å². The molecule has 10 nitrogen and oxygen atoms in total. The highest BCUT2D eigenvalue weighted by Crippen LogP contribution is 2.32. The molecule has 0 atom stereocenters. The molecule has 0 aliphatic carbocycles. The van der Waals surface area contributed by atoms with Crippen molar-refractivity contribution in [3.63, 3.8) is 0 Å². The normalized spacial score (nSPS) is 11.9. The minimum atomic E-state index is -1.36. The van der Waals surface area contributed by atoms with E-state index in [9.17, 15) is 19.5 Å². The second-order valence-corrected chi connectivity index (χ2v) is 6.04. The van der Waals surface area contributed by atoms with Crippen LogP contribution in [0.4, 0.5) is 0 Å². The summed E-state index contributed by atoms with van der Waals surface area (Å²) < 4.78 is 15.8. The SMILES string of the molecule is CCOc1ccc(C(=O)[O-])cc1/C=N\NC(=O)C(=O)NCc1ccc2c(c1)OCO2. The number of benzene rings is 2. The number of amides is 2. The average molecular weight is 412 g/mol. The van der Waals surface area contributed by atoms with Gasteiger partial charge in [-0.2, -0.15) is 5.10 Å². The standard InChI is InChI=1S/C20H19N3O7/c1-2-28-15-6-4-13(20(26)27)8-14(15)10-22-23-19(25)18(24)21-9-12-3-5-16-17(7-12)30-11-29-16/h3-8,10H,2,9,11H2,1H3,(H,21,24)(H,23,25)(H,26,27)/p-1/b22-10-. The lowest BCUT2D eigenvalue weighted by Gasteiger charge is -2.09. The molecule has 2 amide bonds. The number of hydrazone groups is 1. The van der Waals surface area contributed by atoms with E-state index in [2.05, 4.69) is 15.8 Å². The maximum absolute atomic E-state index is 11.9. The third kappa shape index (κ3) is 5.04. The molecule has 1 aliphatic rings. The first-order valence-electron chi connectivity index (χ1n) is 8.96. The number of carboxylic acids is 1. The third-order valence-electron chi connectivity index (χ3n) is 4.01. The van der Waals surface area contributed by atoms with Gasteiger partial charge in [-0.25, -0.2) is 5.43 Å². The quantitative estimate of drug-likeness (QED) is 0.369. The number of nitrogens with one attached hydrogen (secondary N) is 2. The van der Waals surface area contributed by atoms with Crippen molar-refractivity contribution >= 4 is 24.0 Å². The lowest BCUT2D eigenvalue weighted by Crippen LogP contribution is -2.37. The molecule has 156 valence electrons. The van der Waals surface area contributed by atoms with E-state index in [0.717, 1.165) is 5.56 Å². The third-order valence-corrected chi connectivity index (χ3v) is 4.01. The van der Waals surface area contributed by atoms with Crippen LogP contribution in [-0.4, -0.2) is 37.4 Å².